The van der Waals surface area contributed by atoms with E-state index in [1.54, 1.807) is 7.11 Å². The van der Waals surface area contributed by atoms with E-state index in [-0.39, 0.29) is 5.97 Å². The molecular formula is C12H25NO4. The average Bonchev–Trinajstić information content (AvgIpc) is 2.26. The summed E-state index contributed by atoms with van der Waals surface area (Å²) < 4.78 is 15.1. The standard InChI is InChI=1S/C12H25NO4/c1-10(2)9-11(13)12(14)17-6-4-5-16-8-7-15-3/h10-11H,4-9,13H2,1-3H3. The maximum atomic E-state index is 11.4. The molecule has 0 aliphatic carbocycles. The summed E-state index contributed by atoms with van der Waals surface area (Å²) in [4.78, 5) is 11.4. The Hall–Kier alpha value is -0.650. The molecule has 0 aliphatic heterocycles. The van der Waals surface area contributed by atoms with Crippen LogP contribution in [0.3, 0.4) is 0 Å². The van der Waals surface area contributed by atoms with Crippen LogP contribution in [0.15, 0.2) is 0 Å². The minimum Gasteiger partial charge on any atom is -0.464 e. The predicted octanol–water partition coefficient (Wildman–Crippen LogP) is 0.956. The molecule has 102 valence electrons. The van der Waals surface area contributed by atoms with Crippen LogP contribution in [0.2, 0.25) is 0 Å². The molecule has 2 N–H and O–H groups in total. The van der Waals surface area contributed by atoms with Crippen molar-refractivity contribution >= 4 is 5.97 Å². The molecule has 1 unspecified atom stereocenters. The summed E-state index contributed by atoms with van der Waals surface area (Å²) in [7, 11) is 1.63. The van der Waals surface area contributed by atoms with Crippen LogP contribution < -0.4 is 5.73 Å². The number of esters is 1. The monoisotopic (exact) mass is 247 g/mol. The van der Waals surface area contributed by atoms with Crippen LogP contribution in [0.5, 0.6) is 0 Å². The van der Waals surface area contributed by atoms with Gasteiger partial charge in [-0.25, -0.2) is 0 Å². The fraction of sp³-hybridized carbons (Fsp3) is 0.917. The van der Waals surface area contributed by atoms with Crippen LogP contribution in [0.25, 0.3) is 0 Å². The van der Waals surface area contributed by atoms with Gasteiger partial charge in [0, 0.05) is 20.1 Å². The van der Waals surface area contributed by atoms with Crippen molar-refractivity contribution in [3.63, 3.8) is 0 Å². The van der Waals surface area contributed by atoms with Gasteiger partial charge in [-0.1, -0.05) is 13.8 Å². The lowest BCUT2D eigenvalue weighted by Crippen LogP contribution is -2.33. The molecule has 0 amide bonds. The van der Waals surface area contributed by atoms with Crippen LogP contribution in [-0.4, -0.2) is 45.5 Å². The lowest BCUT2D eigenvalue weighted by atomic mass is 10.1. The first-order valence-corrected chi connectivity index (χ1v) is 6.06. The van der Waals surface area contributed by atoms with Gasteiger partial charge >= 0.3 is 5.97 Å². The largest absolute Gasteiger partial charge is 0.464 e. The van der Waals surface area contributed by atoms with Crippen molar-refractivity contribution in [1.82, 2.24) is 0 Å². The SMILES string of the molecule is COCCOCCCOC(=O)C(N)CC(C)C. The van der Waals surface area contributed by atoms with Crippen molar-refractivity contribution < 1.29 is 19.0 Å². The highest BCUT2D eigenvalue weighted by atomic mass is 16.5. The maximum Gasteiger partial charge on any atom is 0.322 e. The molecule has 1 atom stereocenters. The topological polar surface area (TPSA) is 70.8 Å². The third-order valence-electron chi connectivity index (χ3n) is 2.14. The Morgan fingerprint density at radius 2 is 1.88 bits per heavy atom. The molecule has 0 spiro atoms. The Kier molecular flexibility index (Phi) is 10.1. The molecule has 0 saturated heterocycles. The summed E-state index contributed by atoms with van der Waals surface area (Å²) in [6, 6.07) is -0.510. The van der Waals surface area contributed by atoms with Gasteiger partial charge in [0.05, 0.1) is 19.8 Å². The van der Waals surface area contributed by atoms with Crippen molar-refractivity contribution in [2.45, 2.75) is 32.7 Å². The predicted molar refractivity (Wildman–Crippen MR) is 65.7 cm³/mol. The van der Waals surface area contributed by atoms with Crippen LogP contribution in [0.1, 0.15) is 26.7 Å². The Balaban J connectivity index is 3.38. The van der Waals surface area contributed by atoms with E-state index < -0.39 is 6.04 Å². The second-order valence-corrected chi connectivity index (χ2v) is 4.36. The molecule has 0 saturated carbocycles. The quantitative estimate of drug-likeness (QED) is 0.460. The van der Waals surface area contributed by atoms with E-state index in [9.17, 15) is 4.79 Å². The zero-order valence-corrected chi connectivity index (χ0v) is 11.1. The molecule has 0 aromatic heterocycles. The lowest BCUT2D eigenvalue weighted by Gasteiger charge is -2.13. The van der Waals surface area contributed by atoms with Gasteiger partial charge in [0.25, 0.3) is 0 Å². The summed E-state index contributed by atoms with van der Waals surface area (Å²) in [5.41, 5.74) is 5.68. The number of carbonyl (C=O) groups is 1. The highest BCUT2D eigenvalue weighted by Crippen LogP contribution is 2.04. The summed E-state index contributed by atoms with van der Waals surface area (Å²) >= 11 is 0. The van der Waals surface area contributed by atoms with Crippen LogP contribution in [0.4, 0.5) is 0 Å². The van der Waals surface area contributed by atoms with Crippen molar-refractivity contribution in [1.29, 1.82) is 0 Å². The normalized spacial score (nSPS) is 12.8. The maximum absolute atomic E-state index is 11.4. The smallest absolute Gasteiger partial charge is 0.322 e. The molecular weight excluding hydrogens is 222 g/mol. The lowest BCUT2D eigenvalue weighted by molar-refractivity contribution is -0.146. The number of hydrogen-bond donors (Lipinski definition) is 1. The molecule has 0 radical (unpaired) electrons. The molecule has 0 aromatic rings. The van der Waals surface area contributed by atoms with Crippen LogP contribution in [-0.2, 0) is 19.0 Å². The first kappa shape index (κ1) is 16.4. The minimum atomic E-state index is -0.510. The van der Waals surface area contributed by atoms with E-state index in [0.29, 0.717) is 45.2 Å². The molecule has 0 aliphatic rings. The second kappa shape index (κ2) is 10.5. The first-order valence-electron chi connectivity index (χ1n) is 6.06. The van der Waals surface area contributed by atoms with Gasteiger partial charge in [-0.15, -0.1) is 0 Å². The number of rotatable bonds is 10. The van der Waals surface area contributed by atoms with Crippen LogP contribution in [0, 0.1) is 5.92 Å². The first-order chi connectivity index (χ1) is 8.07. The van der Waals surface area contributed by atoms with Crippen molar-refractivity contribution in [3.05, 3.63) is 0 Å². The fourth-order valence-corrected chi connectivity index (χ4v) is 1.29. The Morgan fingerprint density at radius 1 is 1.18 bits per heavy atom. The third kappa shape index (κ3) is 10.2. The molecule has 0 fully saturated rings. The third-order valence-corrected chi connectivity index (χ3v) is 2.14. The summed E-state index contributed by atoms with van der Waals surface area (Å²) in [5, 5.41) is 0. The number of carbonyl (C=O) groups excluding carboxylic acids is 1. The van der Waals surface area contributed by atoms with Crippen LogP contribution >= 0.6 is 0 Å². The summed E-state index contributed by atoms with van der Waals surface area (Å²) in [6.45, 7) is 6.12. The molecule has 0 rings (SSSR count). The van der Waals surface area contributed by atoms with E-state index >= 15 is 0 Å². The summed E-state index contributed by atoms with van der Waals surface area (Å²) in [6.07, 6.45) is 1.34. The molecule has 0 bridgehead atoms. The van der Waals surface area contributed by atoms with Gasteiger partial charge in [-0.3, -0.25) is 4.79 Å². The van der Waals surface area contributed by atoms with E-state index in [2.05, 4.69) is 0 Å². The van der Waals surface area contributed by atoms with Crippen molar-refractivity contribution in [2.24, 2.45) is 11.7 Å². The number of methoxy groups -OCH3 is 1. The summed E-state index contributed by atoms with van der Waals surface area (Å²) in [5.74, 6) is 0.0746. The molecule has 0 heterocycles. The Labute approximate surface area is 104 Å². The number of ether oxygens (including phenoxy) is 3. The Morgan fingerprint density at radius 3 is 2.47 bits per heavy atom. The molecule has 5 heteroatoms. The molecule has 17 heavy (non-hydrogen) atoms. The minimum absolute atomic E-state index is 0.324. The highest BCUT2D eigenvalue weighted by molar-refractivity contribution is 5.75. The zero-order chi connectivity index (χ0) is 13.1. The van der Waals surface area contributed by atoms with E-state index in [1.165, 1.54) is 0 Å². The number of nitrogens with two attached hydrogens (primary N) is 1. The van der Waals surface area contributed by atoms with Gasteiger partial charge in [0.1, 0.15) is 6.04 Å². The molecule has 0 aromatic carbocycles. The zero-order valence-electron chi connectivity index (χ0n) is 11.1. The average molecular weight is 247 g/mol. The van der Waals surface area contributed by atoms with Crippen molar-refractivity contribution in [2.75, 3.05) is 33.5 Å². The number of hydrogen-bond acceptors (Lipinski definition) is 5. The van der Waals surface area contributed by atoms with Gasteiger partial charge in [-0.05, 0) is 12.3 Å². The molecule has 5 nitrogen and oxygen atoms in total. The van der Waals surface area contributed by atoms with Gasteiger partial charge in [-0.2, -0.15) is 0 Å². The Bertz CT molecular complexity index is 197. The van der Waals surface area contributed by atoms with E-state index in [1.807, 2.05) is 13.8 Å². The second-order valence-electron chi connectivity index (χ2n) is 4.36. The van der Waals surface area contributed by atoms with Crippen molar-refractivity contribution in [3.8, 4) is 0 Å². The van der Waals surface area contributed by atoms with Gasteiger partial charge in [0.2, 0.25) is 0 Å². The highest BCUT2D eigenvalue weighted by Gasteiger charge is 2.15. The van der Waals surface area contributed by atoms with E-state index in [4.69, 9.17) is 19.9 Å². The van der Waals surface area contributed by atoms with E-state index in [0.717, 1.165) is 0 Å². The van der Waals surface area contributed by atoms with Gasteiger partial charge < -0.3 is 19.9 Å². The van der Waals surface area contributed by atoms with Gasteiger partial charge in [0.15, 0.2) is 0 Å². The fourth-order valence-electron chi connectivity index (χ4n) is 1.29.